The molecule has 0 saturated carbocycles. The van der Waals surface area contributed by atoms with Crippen LogP contribution in [0.15, 0.2) is 24.3 Å². The van der Waals surface area contributed by atoms with Crippen LogP contribution in [0.2, 0.25) is 0 Å². The topological polar surface area (TPSA) is 45.9 Å². The summed E-state index contributed by atoms with van der Waals surface area (Å²) in [7, 11) is 0. The highest BCUT2D eigenvalue weighted by Crippen LogP contribution is 2.26. The van der Waals surface area contributed by atoms with Crippen molar-refractivity contribution >= 4 is 17.5 Å². The monoisotopic (exact) mass is 301 g/mol. The molecule has 1 fully saturated rings. The largest absolute Gasteiger partial charge is 0.444 e. The predicted molar refractivity (Wildman–Crippen MR) is 87.3 cm³/mol. The average molecular weight is 301 g/mol. The molecular formula is C17H23N3O2. The lowest BCUT2D eigenvalue weighted by molar-refractivity contribution is 0.0520. The number of carbonyl (C=O) groups excluding carboxylic acids is 1. The summed E-state index contributed by atoms with van der Waals surface area (Å²) in [4.78, 5) is 17.4. The molecule has 118 valence electrons. The van der Waals surface area contributed by atoms with E-state index in [-0.39, 0.29) is 6.09 Å². The molecule has 1 aromatic carbocycles. The molecule has 0 bridgehead atoms. The van der Waals surface area contributed by atoms with Crippen LogP contribution >= 0.6 is 0 Å². The fourth-order valence-corrected chi connectivity index (χ4v) is 2.53. The Bertz CT molecular complexity index is 572. The average Bonchev–Trinajstić information content (AvgIpc) is 2.92. The van der Waals surface area contributed by atoms with Crippen LogP contribution in [0.3, 0.4) is 0 Å². The molecule has 1 N–H and O–H groups in total. The lowest BCUT2D eigenvalue weighted by Gasteiger charge is -2.21. The first-order valence-electron chi connectivity index (χ1n) is 7.57. The Morgan fingerprint density at radius 2 is 2.27 bits per heavy atom. The Morgan fingerprint density at radius 3 is 2.95 bits per heavy atom. The van der Waals surface area contributed by atoms with Crippen molar-refractivity contribution in [1.29, 1.82) is 0 Å². The molecule has 1 aliphatic heterocycles. The number of hydrogen-bond donors (Lipinski definition) is 1. The van der Waals surface area contributed by atoms with Crippen molar-refractivity contribution < 1.29 is 9.53 Å². The highest BCUT2D eigenvalue weighted by atomic mass is 16.6. The van der Waals surface area contributed by atoms with Crippen LogP contribution in [0.4, 0.5) is 16.2 Å². The lowest BCUT2D eigenvalue weighted by Crippen LogP contribution is -2.36. The maximum absolute atomic E-state index is 11.7. The number of ether oxygens (including phenoxy) is 1. The molecule has 1 amide bonds. The van der Waals surface area contributed by atoms with E-state index in [9.17, 15) is 4.79 Å². The Balaban J connectivity index is 1.83. The van der Waals surface area contributed by atoms with Gasteiger partial charge in [0.1, 0.15) is 5.60 Å². The SMILES string of the molecule is [C-]#[N+]c1cccc(N2CCC(CNC(=O)OC(C)(C)C)C2)c1. The molecule has 1 aliphatic rings. The number of amides is 1. The Kier molecular flexibility index (Phi) is 4.92. The standard InChI is InChI=1S/C17H23N3O2/c1-17(2,3)22-16(21)19-11-13-8-9-20(12-13)15-7-5-6-14(10-15)18-4/h5-7,10,13H,8-9,11-12H2,1-3H3,(H,19,21). The molecule has 1 atom stereocenters. The van der Waals surface area contributed by atoms with E-state index in [1.165, 1.54) is 0 Å². The lowest BCUT2D eigenvalue weighted by atomic mass is 10.1. The van der Waals surface area contributed by atoms with Crippen molar-refractivity contribution in [2.75, 3.05) is 24.5 Å². The van der Waals surface area contributed by atoms with E-state index in [4.69, 9.17) is 11.3 Å². The fourth-order valence-electron chi connectivity index (χ4n) is 2.53. The van der Waals surface area contributed by atoms with Crippen LogP contribution in [0.25, 0.3) is 4.85 Å². The fraction of sp³-hybridized carbons (Fsp3) is 0.529. The molecule has 0 spiro atoms. The Morgan fingerprint density at radius 1 is 1.50 bits per heavy atom. The van der Waals surface area contributed by atoms with Crippen molar-refractivity contribution in [3.63, 3.8) is 0 Å². The quantitative estimate of drug-likeness (QED) is 0.868. The van der Waals surface area contributed by atoms with E-state index in [0.717, 1.165) is 25.2 Å². The normalized spacial score (nSPS) is 17.9. The van der Waals surface area contributed by atoms with E-state index in [1.54, 1.807) is 0 Å². The van der Waals surface area contributed by atoms with Crippen molar-refractivity contribution in [1.82, 2.24) is 5.32 Å². The second-order valence-electron chi connectivity index (χ2n) is 6.62. The summed E-state index contributed by atoms with van der Waals surface area (Å²) >= 11 is 0. The third-order valence-corrected chi connectivity index (χ3v) is 3.54. The van der Waals surface area contributed by atoms with Gasteiger partial charge in [0.25, 0.3) is 0 Å². The molecule has 0 aliphatic carbocycles. The van der Waals surface area contributed by atoms with Crippen LogP contribution < -0.4 is 10.2 Å². The summed E-state index contributed by atoms with van der Waals surface area (Å²) in [5.74, 6) is 0.407. The van der Waals surface area contributed by atoms with Crippen molar-refractivity contribution in [3.05, 3.63) is 35.7 Å². The Hall–Kier alpha value is -2.22. The minimum absolute atomic E-state index is 0.360. The highest BCUT2D eigenvalue weighted by Gasteiger charge is 2.24. The van der Waals surface area contributed by atoms with Gasteiger partial charge in [-0.2, -0.15) is 0 Å². The Labute approximate surface area is 132 Å². The van der Waals surface area contributed by atoms with Crippen molar-refractivity contribution in [2.45, 2.75) is 32.8 Å². The van der Waals surface area contributed by atoms with E-state index >= 15 is 0 Å². The van der Waals surface area contributed by atoms with Gasteiger partial charge >= 0.3 is 6.09 Å². The summed E-state index contributed by atoms with van der Waals surface area (Å²) in [5, 5.41) is 2.84. The molecule has 2 rings (SSSR count). The van der Waals surface area contributed by atoms with Gasteiger partial charge in [-0.05, 0) is 45.2 Å². The summed E-state index contributed by atoms with van der Waals surface area (Å²) in [6.07, 6.45) is 0.666. The summed E-state index contributed by atoms with van der Waals surface area (Å²) in [6.45, 7) is 15.1. The summed E-state index contributed by atoms with van der Waals surface area (Å²) in [6, 6.07) is 7.66. The van der Waals surface area contributed by atoms with Crippen molar-refractivity contribution in [2.24, 2.45) is 5.92 Å². The first-order chi connectivity index (χ1) is 10.4. The van der Waals surface area contributed by atoms with Crippen LogP contribution in [0.5, 0.6) is 0 Å². The molecular weight excluding hydrogens is 278 g/mol. The van der Waals surface area contributed by atoms with Crippen LogP contribution in [-0.4, -0.2) is 31.3 Å². The first kappa shape index (κ1) is 16.2. The van der Waals surface area contributed by atoms with Crippen LogP contribution in [-0.2, 0) is 4.74 Å². The third-order valence-electron chi connectivity index (χ3n) is 3.54. The third kappa shape index (κ3) is 4.66. The summed E-state index contributed by atoms with van der Waals surface area (Å²) < 4.78 is 5.24. The second-order valence-corrected chi connectivity index (χ2v) is 6.62. The smallest absolute Gasteiger partial charge is 0.407 e. The van der Waals surface area contributed by atoms with Gasteiger partial charge in [-0.1, -0.05) is 12.1 Å². The number of rotatable bonds is 3. The van der Waals surface area contributed by atoms with Crippen LogP contribution in [0, 0.1) is 12.5 Å². The molecule has 5 nitrogen and oxygen atoms in total. The number of nitrogens with one attached hydrogen (secondary N) is 1. The number of anilines is 1. The van der Waals surface area contributed by atoms with Gasteiger partial charge in [0.05, 0.1) is 6.57 Å². The highest BCUT2D eigenvalue weighted by molar-refractivity contribution is 5.67. The summed E-state index contributed by atoms with van der Waals surface area (Å²) in [5.41, 5.74) is 1.27. The molecule has 0 aromatic heterocycles. The number of hydrogen-bond acceptors (Lipinski definition) is 3. The van der Waals surface area contributed by atoms with Gasteiger partial charge in [0.15, 0.2) is 5.69 Å². The molecule has 22 heavy (non-hydrogen) atoms. The second kappa shape index (κ2) is 6.69. The van der Waals surface area contributed by atoms with E-state index in [1.807, 2.05) is 45.0 Å². The van der Waals surface area contributed by atoms with E-state index in [2.05, 4.69) is 15.1 Å². The molecule has 0 radical (unpaired) electrons. The van der Waals surface area contributed by atoms with Gasteiger partial charge in [0.2, 0.25) is 0 Å². The van der Waals surface area contributed by atoms with E-state index < -0.39 is 5.60 Å². The van der Waals surface area contributed by atoms with E-state index in [0.29, 0.717) is 18.2 Å². The number of nitrogens with zero attached hydrogens (tertiary/aromatic N) is 2. The zero-order valence-corrected chi connectivity index (χ0v) is 13.4. The first-order valence-corrected chi connectivity index (χ1v) is 7.57. The number of benzene rings is 1. The minimum Gasteiger partial charge on any atom is -0.444 e. The number of alkyl carbamates (subject to hydrolysis) is 1. The van der Waals surface area contributed by atoms with Gasteiger partial charge in [-0.15, -0.1) is 0 Å². The van der Waals surface area contributed by atoms with Gasteiger partial charge in [-0.25, -0.2) is 9.64 Å². The zero-order valence-electron chi connectivity index (χ0n) is 13.4. The van der Waals surface area contributed by atoms with Crippen molar-refractivity contribution in [3.8, 4) is 0 Å². The maximum atomic E-state index is 11.7. The predicted octanol–water partition coefficient (Wildman–Crippen LogP) is 3.59. The zero-order chi connectivity index (χ0) is 16.2. The molecule has 1 heterocycles. The maximum Gasteiger partial charge on any atom is 0.407 e. The van der Waals surface area contributed by atoms with Crippen LogP contribution in [0.1, 0.15) is 27.2 Å². The molecule has 1 unspecified atom stereocenters. The molecule has 1 saturated heterocycles. The van der Waals surface area contributed by atoms with Gasteiger partial charge in [0, 0.05) is 25.3 Å². The van der Waals surface area contributed by atoms with Gasteiger partial charge < -0.3 is 15.0 Å². The van der Waals surface area contributed by atoms with Gasteiger partial charge in [-0.3, -0.25) is 0 Å². The minimum atomic E-state index is -0.466. The molecule has 1 aromatic rings. The number of carbonyl (C=O) groups is 1. The molecule has 5 heteroatoms.